The Kier molecular flexibility index (Phi) is 5.25. The van der Waals surface area contributed by atoms with Crippen LogP contribution in [0.5, 0.6) is 0 Å². The highest BCUT2D eigenvalue weighted by atomic mass is 16.5. The predicted octanol–water partition coefficient (Wildman–Crippen LogP) is 0.914. The van der Waals surface area contributed by atoms with E-state index in [9.17, 15) is 9.59 Å². The van der Waals surface area contributed by atoms with Gasteiger partial charge in [0.2, 0.25) is 0 Å². The predicted molar refractivity (Wildman–Crippen MR) is 93.4 cm³/mol. The monoisotopic (exact) mass is 342 g/mol. The topological polar surface area (TPSA) is 78.5 Å². The molecule has 1 aliphatic rings. The molecule has 1 aliphatic heterocycles. The van der Waals surface area contributed by atoms with E-state index in [4.69, 9.17) is 4.74 Å². The van der Waals surface area contributed by atoms with Crippen LogP contribution < -0.4 is 5.56 Å². The SMILES string of the molecule is CN(C)C[C@@H]1OCCN(C(=O)c2ncc[nH]c2=O)[C@H]1c1ccccc1. The molecule has 2 atom stereocenters. The molecule has 1 aromatic heterocycles. The van der Waals surface area contributed by atoms with Crippen LogP contribution in [0.2, 0.25) is 0 Å². The molecule has 7 heteroatoms. The van der Waals surface area contributed by atoms with Crippen molar-refractivity contribution in [3.63, 3.8) is 0 Å². The number of aromatic amines is 1. The summed E-state index contributed by atoms with van der Waals surface area (Å²) >= 11 is 0. The largest absolute Gasteiger partial charge is 0.373 e. The zero-order valence-corrected chi connectivity index (χ0v) is 14.4. The van der Waals surface area contributed by atoms with Crippen molar-refractivity contribution in [3.05, 3.63) is 64.3 Å². The second kappa shape index (κ2) is 7.58. The van der Waals surface area contributed by atoms with Crippen molar-refractivity contribution in [1.82, 2.24) is 19.8 Å². The van der Waals surface area contributed by atoms with Gasteiger partial charge in [-0.2, -0.15) is 0 Å². The lowest BCUT2D eigenvalue weighted by Gasteiger charge is -2.42. The Morgan fingerprint density at radius 3 is 2.80 bits per heavy atom. The summed E-state index contributed by atoms with van der Waals surface area (Å²) in [6.45, 7) is 1.51. The fourth-order valence-corrected chi connectivity index (χ4v) is 3.16. The van der Waals surface area contributed by atoms with E-state index in [1.807, 2.05) is 49.3 Å². The number of carbonyl (C=O) groups is 1. The number of hydrogen-bond acceptors (Lipinski definition) is 5. The van der Waals surface area contributed by atoms with Gasteiger partial charge >= 0.3 is 0 Å². The van der Waals surface area contributed by atoms with Crippen LogP contribution in [0.1, 0.15) is 22.1 Å². The Morgan fingerprint density at radius 1 is 1.36 bits per heavy atom. The molecule has 0 spiro atoms. The average molecular weight is 342 g/mol. The van der Waals surface area contributed by atoms with Gasteiger partial charge in [-0.3, -0.25) is 9.59 Å². The normalized spacial score (nSPS) is 20.7. The van der Waals surface area contributed by atoms with Gasteiger partial charge in [-0.05, 0) is 19.7 Å². The first kappa shape index (κ1) is 17.3. The van der Waals surface area contributed by atoms with E-state index in [1.54, 1.807) is 4.90 Å². The summed E-state index contributed by atoms with van der Waals surface area (Å²) in [6, 6.07) is 9.49. The molecule has 0 aliphatic carbocycles. The molecule has 3 rings (SSSR count). The van der Waals surface area contributed by atoms with Gasteiger partial charge in [-0.25, -0.2) is 4.98 Å². The second-order valence-electron chi connectivity index (χ2n) is 6.29. The number of aromatic nitrogens is 2. The minimum atomic E-state index is -0.477. The van der Waals surface area contributed by atoms with Gasteiger partial charge in [-0.15, -0.1) is 0 Å². The lowest BCUT2D eigenvalue weighted by atomic mass is 9.97. The Hall–Kier alpha value is -2.51. The quantitative estimate of drug-likeness (QED) is 0.894. The lowest BCUT2D eigenvalue weighted by molar-refractivity contribution is -0.0686. The average Bonchev–Trinajstić information content (AvgIpc) is 2.61. The third-order valence-electron chi connectivity index (χ3n) is 4.21. The molecule has 1 aromatic carbocycles. The summed E-state index contributed by atoms with van der Waals surface area (Å²) in [5.41, 5.74) is 0.415. The smallest absolute Gasteiger partial charge is 0.279 e. The van der Waals surface area contributed by atoms with Crippen molar-refractivity contribution in [2.75, 3.05) is 33.8 Å². The van der Waals surface area contributed by atoms with Crippen LogP contribution in [0.3, 0.4) is 0 Å². The van der Waals surface area contributed by atoms with Crippen LogP contribution in [0.15, 0.2) is 47.5 Å². The van der Waals surface area contributed by atoms with Gasteiger partial charge in [0.15, 0.2) is 5.69 Å². The number of nitrogens with one attached hydrogen (secondary N) is 1. The first-order valence-corrected chi connectivity index (χ1v) is 8.24. The molecule has 2 heterocycles. The third kappa shape index (κ3) is 3.78. The molecule has 0 radical (unpaired) electrons. The van der Waals surface area contributed by atoms with E-state index in [1.165, 1.54) is 12.4 Å². The highest BCUT2D eigenvalue weighted by Crippen LogP contribution is 2.30. The zero-order valence-electron chi connectivity index (χ0n) is 14.4. The van der Waals surface area contributed by atoms with Crippen LogP contribution in [0, 0.1) is 0 Å². The molecular weight excluding hydrogens is 320 g/mol. The summed E-state index contributed by atoms with van der Waals surface area (Å²) in [4.78, 5) is 35.2. The van der Waals surface area contributed by atoms with Gasteiger partial charge < -0.3 is 19.5 Å². The summed E-state index contributed by atoms with van der Waals surface area (Å²) in [7, 11) is 3.94. The number of morpholine rings is 1. The van der Waals surface area contributed by atoms with E-state index < -0.39 is 5.56 Å². The maximum Gasteiger partial charge on any atom is 0.279 e. The number of carbonyl (C=O) groups excluding carboxylic acids is 1. The number of rotatable bonds is 4. The molecule has 2 aromatic rings. The van der Waals surface area contributed by atoms with Gasteiger partial charge in [0.05, 0.1) is 18.8 Å². The molecule has 25 heavy (non-hydrogen) atoms. The van der Waals surface area contributed by atoms with Crippen molar-refractivity contribution in [3.8, 4) is 0 Å². The summed E-state index contributed by atoms with van der Waals surface area (Å²) in [5.74, 6) is -0.372. The van der Waals surface area contributed by atoms with Gasteiger partial charge in [0.25, 0.3) is 11.5 Å². The Balaban J connectivity index is 1.99. The second-order valence-corrected chi connectivity index (χ2v) is 6.29. The van der Waals surface area contributed by atoms with Gasteiger partial charge in [-0.1, -0.05) is 30.3 Å². The molecule has 0 bridgehead atoms. The van der Waals surface area contributed by atoms with Gasteiger partial charge in [0, 0.05) is 25.5 Å². The number of ether oxygens (including phenoxy) is 1. The van der Waals surface area contributed by atoms with Crippen LogP contribution in [0.4, 0.5) is 0 Å². The minimum absolute atomic E-state index is 0.0889. The minimum Gasteiger partial charge on any atom is -0.373 e. The molecule has 1 amide bonds. The molecule has 1 fully saturated rings. The first-order chi connectivity index (χ1) is 12.1. The number of likely N-dealkylation sites (N-methyl/N-ethyl adjacent to an activating group) is 1. The van der Waals surface area contributed by atoms with E-state index in [-0.39, 0.29) is 23.7 Å². The van der Waals surface area contributed by atoms with Crippen LogP contribution >= 0.6 is 0 Å². The van der Waals surface area contributed by atoms with Crippen molar-refractivity contribution in [2.24, 2.45) is 0 Å². The molecule has 7 nitrogen and oxygen atoms in total. The van der Waals surface area contributed by atoms with E-state index in [0.717, 1.165) is 5.56 Å². The maximum absolute atomic E-state index is 13.0. The van der Waals surface area contributed by atoms with E-state index >= 15 is 0 Å². The molecule has 1 N–H and O–H groups in total. The molecule has 132 valence electrons. The van der Waals surface area contributed by atoms with Crippen molar-refractivity contribution in [1.29, 1.82) is 0 Å². The highest BCUT2D eigenvalue weighted by Gasteiger charge is 2.38. The standard InChI is InChI=1S/C18H22N4O3/c1-21(2)12-14-16(13-6-4-3-5-7-13)22(10-11-25-14)18(24)15-17(23)20-9-8-19-15/h3-9,14,16H,10-12H2,1-2H3,(H,20,23)/t14-,16-/m0/s1. The van der Waals surface area contributed by atoms with Crippen molar-refractivity contribution < 1.29 is 9.53 Å². The Bertz CT molecular complexity index is 775. The maximum atomic E-state index is 13.0. The number of benzene rings is 1. The fourth-order valence-electron chi connectivity index (χ4n) is 3.16. The number of amides is 1. The van der Waals surface area contributed by atoms with Crippen LogP contribution in [-0.2, 0) is 4.74 Å². The lowest BCUT2D eigenvalue weighted by Crippen LogP contribution is -2.52. The Labute approximate surface area is 146 Å². The van der Waals surface area contributed by atoms with Crippen molar-refractivity contribution >= 4 is 5.91 Å². The number of nitrogens with zero attached hydrogens (tertiary/aromatic N) is 3. The molecule has 0 saturated carbocycles. The third-order valence-corrected chi connectivity index (χ3v) is 4.21. The van der Waals surface area contributed by atoms with Crippen molar-refractivity contribution in [2.45, 2.75) is 12.1 Å². The zero-order chi connectivity index (χ0) is 17.8. The van der Waals surface area contributed by atoms with E-state index in [0.29, 0.717) is 19.7 Å². The molecule has 1 saturated heterocycles. The summed E-state index contributed by atoms with van der Waals surface area (Å²) in [5, 5.41) is 0. The van der Waals surface area contributed by atoms with Crippen LogP contribution in [-0.4, -0.2) is 65.6 Å². The Morgan fingerprint density at radius 2 is 2.12 bits per heavy atom. The number of hydrogen-bond donors (Lipinski definition) is 1. The number of H-pyrrole nitrogens is 1. The molecule has 0 unspecified atom stereocenters. The summed E-state index contributed by atoms with van der Waals surface area (Å²) < 4.78 is 5.96. The fraction of sp³-hybridized carbons (Fsp3) is 0.389. The van der Waals surface area contributed by atoms with Gasteiger partial charge in [0.1, 0.15) is 0 Å². The highest BCUT2D eigenvalue weighted by molar-refractivity contribution is 5.92. The molecular formula is C18H22N4O3. The summed E-state index contributed by atoms with van der Waals surface area (Å²) in [6.07, 6.45) is 2.66. The first-order valence-electron chi connectivity index (χ1n) is 8.24. The van der Waals surface area contributed by atoms with E-state index in [2.05, 4.69) is 9.97 Å². The van der Waals surface area contributed by atoms with Crippen LogP contribution in [0.25, 0.3) is 0 Å².